The van der Waals surface area contributed by atoms with Crippen LogP contribution in [-0.2, 0) is 5.33 Å². The zero-order valence-corrected chi connectivity index (χ0v) is 8.71. The third-order valence-electron chi connectivity index (χ3n) is 1.20. The third-order valence-corrected chi connectivity index (χ3v) is 2.55. The third kappa shape index (κ3) is 3.56. The molecule has 13 heavy (non-hydrogen) atoms. The summed E-state index contributed by atoms with van der Waals surface area (Å²) in [5.41, 5.74) is -3.84. The molecule has 0 amide bonds. The molecular weight excluding hydrogens is 267 g/mol. The number of aromatic nitrogens is 1. The van der Waals surface area contributed by atoms with Crippen molar-refractivity contribution in [1.82, 2.24) is 4.98 Å². The summed E-state index contributed by atoms with van der Waals surface area (Å²) in [7, 11) is 0. The van der Waals surface area contributed by atoms with Gasteiger partial charge in [0.2, 0.25) is 0 Å². The Kier molecular flexibility index (Phi) is 3.61. The molecule has 0 unspecified atom stereocenters. The van der Waals surface area contributed by atoms with Crippen molar-refractivity contribution in [1.29, 1.82) is 0 Å². The number of alkyl halides is 4. The van der Waals surface area contributed by atoms with Crippen LogP contribution in [0.15, 0.2) is 23.2 Å². The van der Waals surface area contributed by atoms with Gasteiger partial charge in [0.1, 0.15) is 0 Å². The second-order valence-electron chi connectivity index (χ2n) is 2.13. The van der Waals surface area contributed by atoms with Crippen molar-refractivity contribution in [2.75, 3.05) is 0 Å². The number of pyridine rings is 1. The van der Waals surface area contributed by atoms with E-state index in [1.165, 1.54) is 18.3 Å². The molecule has 1 aromatic heterocycles. The van der Waals surface area contributed by atoms with Crippen molar-refractivity contribution in [2.45, 2.75) is 15.7 Å². The summed E-state index contributed by atoms with van der Waals surface area (Å²) >= 11 is 2.93. The fourth-order valence-corrected chi connectivity index (χ4v) is 2.01. The summed E-state index contributed by atoms with van der Waals surface area (Å²) in [6.07, 6.45) is 1.47. The Bertz CT molecular complexity index is 289. The van der Waals surface area contributed by atoms with Crippen molar-refractivity contribution in [2.24, 2.45) is 0 Å². The van der Waals surface area contributed by atoms with E-state index in [9.17, 15) is 13.2 Å². The van der Waals surface area contributed by atoms with Crippen molar-refractivity contribution in [3.05, 3.63) is 24.0 Å². The van der Waals surface area contributed by atoms with Crippen molar-refractivity contribution >= 4 is 27.7 Å². The zero-order valence-electron chi connectivity index (χ0n) is 6.31. The number of halogens is 4. The smallest absolute Gasteiger partial charge is 0.259 e. The molecule has 1 aromatic rings. The molecule has 0 aliphatic rings. The van der Waals surface area contributed by atoms with Gasteiger partial charge in [-0.25, -0.2) is 0 Å². The largest absolute Gasteiger partial charge is 0.446 e. The standard InChI is InChI=1S/C7H5BrF3NS/c8-4-5-6(2-1-3-12-5)13-7(9,10)11/h1-3H,4H2. The fraction of sp³-hybridized carbons (Fsp3) is 0.286. The normalized spacial score (nSPS) is 11.7. The summed E-state index contributed by atoms with van der Waals surface area (Å²) < 4.78 is 35.9. The van der Waals surface area contributed by atoms with E-state index in [0.717, 1.165) is 0 Å². The van der Waals surface area contributed by atoms with E-state index >= 15 is 0 Å². The molecule has 0 aliphatic heterocycles. The maximum absolute atomic E-state index is 12.0. The lowest BCUT2D eigenvalue weighted by Crippen LogP contribution is -2.01. The van der Waals surface area contributed by atoms with Crippen LogP contribution >= 0.6 is 27.7 Å². The summed E-state index contributed by atoms with van der Waals surface area (Å²) in [6.45, 7) is 0. The molecule has 1 rings (SSSR count). The lowest BCUT2D eigenvalue weighted by Gasteiger charge is -2.07. The van der Waals surface area contributed by atoms with E-state index < -0.39 is 5.51 Å². The monoisotopic (exact) mass is 271 g/mol. The highest BCUT2D eigenvalue weighted by atomic mass is 79.9. The van der Waals surface area contributed by atoms with Crippen LogP contribution in [0.25, 0.3) is 0 Å². The van der Waals surface area contributed by atoms with Gasteiger partial charge in [-0.3, -0.25) is 4.98 Å². The molecule has 6 heteroatoms. The molecule has 0 N–H and O–H groups in total. The van der Waals surface area contributed by atoms with E-state index in [0.29, 0.717) is 11.0 Å². The SMILES string of the molecule is FC(F)(F)Sc1cccnc1CBr. The quantitative estimate of drug-likeness (QED) is 0.602. The summed E-state index contributed by atoms with van der Waals surface area (Å²) in [4.78, 5) is 3.96. The Hall–Kier alpha value is -0.230. The second kappa shape index (κ2) is 4.32. The average Bonchev–Trinajstić information content (AvgIpc) is 2.02. The minimum absolute atomic E-state index is 0.141. The summed E-state index contributed by atoms with van der Waals surface area (Å²) in [5.74, 6) is 0. The van der Waals surface area contributed by atoms with Gasteiger partial charge in [-0.05, 0) is 23.9 Å². The van der Waals surface area contributed by atoms with Gasteiger partial charge in [0.05, 0.1) is 5.69 Å². The van der Waals surface area contributed by atoms with E-state index in [1.807, 2.05) is 0 Å². The van der Waals surface area contributed by atoms with Crippen LogP contribution < -0.4 is 0 Å². The molecular formula is C7H5BrF3NS. The minimum atomic E-state index is -4.25. The molecule has 0 bridgehead atoms. The first-order valence-corrected chi connectivity index (χ1v) is 5.22. The van der Waals surface area contributed by atoms with Crippen LogP contribution in [0, 0.1) is 0 Å². The van der Waals surface area contributed by atoms with Crippen molar-refractivity contribution in [3.8, 4) is 0 Å². The van der Waals surface area contributed by atoms with Crippen molar-refractivity contribution in [3.63, 3.8) is 0 Å². The Morgan fingerprint density at radius 3 is 2.69 bits per heavy atom. The first-order valence-electron chi connectivity index (χ1n) is 3.28. The molecule has 0 fully saturated rings. The van der Waals surface area contributed by atoms with E-state index in [4.69, 9.17) is 0 Å². The molecule has 72 valence electrons. The van der Waals surface area contributed by atoms with Crippen molar-refractivity contribution < 1.29 is 13.2 Å². The van der Waals surface area contributed by atoms with Gasteiger partial charge in [-0.1, -0.05) is 15.9 Å². The first-order chi connectivity index (χ1) is 6.03. The van der Waals surface area contributed by atoms with Crippen LogP contribution in [0.3, 0.4) is 0 Å². The fourth-order valence-electron chi connectivity index (χ4n) is 0.741. The number of rotatable bonds is 2. The average molecular weight is 272 g/mol. The van der Waals surface area contributed by atoms with Gasteiger partial charge in [0.25, 0.3) is 0 Å². The number of hydrogen-bond donors (Lipinski definition) is 0. The highest BCUT2D eigenvalue weighted by Crippen LogP contribution is 2.38. The number of hydrogen-bond acceptors (Lipinski definition) is 2. The van der Waals surface area contributed by atoms with Gasteiger partial charge in [-0.2, -0.15) is 13.2 Å². The second-order valence-corrected chi connectivity index (χ2v) is 3.80. The molecule has 0 saturated carbocycles. The predicted molar refractivity (Wildman–Crippen MR) is 48.8 cm³/mol. The van der Waals surface area contributed by atoms with E-state index in [-0.39, 0.29) is 16.7 Å². The summed E-state index contributed by atoms with van der Waals surface area (Å²) in [5, 5.41) is 0.326. The Morgan fingerprint density at radius 2 is 2.15 bits per heavy atom. The van der Waals surface area contributed by atoms with Gasteiger partial charge in [-0.15, -0.1) is 0 Å². The lowest BCUT2D eigenvalue weighted by atomic mass is 10.4. The molecule has 1 heterocycles. The Morgan fingerprint density at radius 1 is 1.46 bits per heavy atom. The van der Waals surface area contributed by atoms with Gasteiger partial charge >= 0.3 is 5.51 Å². The van der Waals surface area contributed by atoms with Crippen LogP contribution in [-0.4, -0.2) is 10.5 Å². The summed E-state index contributed by atoms with van der Waals surface area (Å²) in [6, 6.07) is 2.89. The Balaban J connectivity index is 2.87. The first kappa shape index (κ1) is 10.8. The van der Waals surface area contributed by atoms with Crippen LogP contribution in [0.5, 0.6) is 0 Å². The van der Waals surface area contributed by atoms with Gasteiger partial charge in [0.15, 0.2) is 0 Å². The molecule has 0 radical (unpaired) electrons. The maximum atomic E-state index is 12.0. The topological polar surface area (TPSA) is 12.9 Å². The number of thioether (sulfide) groups is 1. The molecule has 1 nitrogen and oxygen atoms in total. The van der Waals surface area contributed by atoms with Gasteiger partial charge < -0.3 is 0 Å². The van der Waals surface area contributed by atoms with E-state index in [1.54, 1.807) is 0 Å². The van der Waals surface area contributed by atoms with Gasteiger partial charge in [0, 0.05) is 16.4 Å². The number of nitrogens with zero attached hydrogens (tertiary/aromatic N) is 1. The minimum Gasteiger partial charge on any atom is -0.259 e. The highest BCUT2D eigenvalue weighted by Gasteiger charge is 2.30. The predicted octanol–water partition coefficient (Wildman–Crippen LogP) is 3.59. The lowest BCUT2D eigenvalue weighted by molar-refractivity contribution is -0.0328. The highest BCUT2D eigenvalue weighted by molar-refractivity contribution is 9.08. The van der Waals surface area contributed by atoms with Crippen LogP contribution in [0.1, 0.15) is 5.69 Å². The maximum Gasteiger partial charge on any atom is 0.446 e. The molecule has 0 aromatic carbocycles. The molecule has 0 saturated heterocycles. The van der Waals surface area contributed by atoms with Crippen LogP contribution in [0.2, 0.25) is 0 Å². The molecule has 0 atom stereocenters. The molecule has 0 spiro atoms. The van der Waals surface area contributed by atoms with Crippen LogP contribution in [0.4, 0.5) is 13.2 Å². The van der Waals surface area contributed by atoms with E-state index in [2.05, 4.69) is 20.9 Å². The zero-order chi connectivity index (χ0) is 9.90. The molecule has 0 aliphatic carbocycles. The Labute approximate surface area is 85.9 Å².